The summed E-state index contributed by atoms with van der Waals surface area (Å²) in [6.07, 6.45) is 11.2. The van der Waals surface area contributed by atoms with E-state index in [-0.39, 0.29) is 5.91 Å². The summed E-state index contributed by atoms with van der Waals surface area (Å²) in [6, 6.07) is 0.791. The Kier molecular flexibility index (Phi) is 5.03. The van der Waals surface area contributed by atoms with Crippen LogP contribution in [0, 0.1) is 12.8 Å². The van der Waals surface area contributed by atoms with Gasteiger partial charge in [-0.3, -0.25) is 4.79 Å². The number of aryl methyl sites for hydroxylation is 1. The molecule has 1 saturated heterocycles. The molecule has 1 aromatic heterocycles. The van der Waals surface area contributed by atoms with E-state index in [9.17, 15) is 4.79 Å². The van der Waals surface area contributed by atoms with Gasteiger partial charge in [0.15, 0.2) is 0 Å². The van der Waals surface area contributed by atoms with Crippen LogP contribution in [0.15, 0.2) is 12.5 Å². The molecule has 0 bridgehead atoms. The first kappa shape index (κ1) is 15.4. The van der Waals surface area contributed by atoms with E-state index < -0.39 is 0 Å². The van der Waals surface area contributed by atoms with Crippen molar-refractivity contribution < 1.29 is 4.79 Å². The average molecular weight is 302 g/mol. The maximum atomic E-state index is 12.2. The third kappa shape index (κ3) is 3.64. The number of carbonyl (C=O) groups is 1. The zero-order valence-electron chi connectivity index (χ0n) is 13.4. The summed E-state index contributed by atoms with van der Waals surface area (Å²) in [6.45, 7) is 4.93. The molecule has 1 aromatic rings. The van der Waals surface area contributed by atoms with E-state index in [1.54, 1.807) is 6.20 Å². The molecule has 2 fully saturated rings. The van der Waals surface area contributed by atoms with Crippen molar-refractivity contribution in [2.24, 2.45) is 5.92 Å². The van der Waals surface area contributed by atoms with Gasteiger partial charge in [0, 0.05) is 25.3 Å². The first-order valence-electron chi connectivity index (χ1n) is 8.53. The summed E-state index contributed by atoms with van der Waals surface area (Å²) in [4.78, 5) is 22.9. The molecule has 120 valence electrons. The zero-order chi connectivity index (χ0) is 15.4. The molecule has 22 heavy (non-hydrogen) atoms. The summed E-state index contributed by atoms with van der Waals surface area (Å²) < 4.78 is 0. The van der Waals surface area contributed by atoms with Crippen LogP contribution < -0.4 is 5.32 Å². The van der Waals surface area contributed by atoms with Crippen molar-refractivity contribution in [1.82, 2.24) is 20.2 Å². The van der Waals surface area contributed by atoms with Crippen LogP contribution in [0.25, 0.3) is 0 Å². The van der Waals surface area contributed by atoms with Crippen molar-refractivity contribution in [1.29, 1.82) is 0 Å². The van der Waals surface area contributed by atoms with E-state index in [1.165, 1.54) is 51.4 Å². The second-order valence-corrected chi connectivity index (χ2v) is 6.67. The van der Waals surface area contributed by atoms with Crippen molar-refractivity contribution >= 4 is 5.91 Å². The number of amides is 1. The highest BCUT2D eigenvalue weighted by atomic mass is 16.1. The van der Waals surface area contributed by atoms with E-state index in [1.807, 2.05) is 6.92 Å². The Balaban J connectivity index is 1.46. The highest BCUT2D eigenvalue weighted by Crippen LogP contribution is 2.27. The molecular formula is C17H26N4O. The first-order valence-corrected chi connectivity index (χ1v) is 8.53. The SMILES string of the molecule is Cc1ncncc1C(=O)NCC1CCN(C2CCCCC2)C1. The van der Waals surface area contributed by atoms with Crippen LogP contribution in [0.4, 0.5) is 0 Å². The van der Waals surface area contributed by atoms with Gasteiger partial charge in [0.25, 0.3) is 5.91 Å². The molecule has 1 saturated carbocycles. The van der Waals surface area contributed by atoms with Crippen LogP contribution in [0.3, 0.4) is 0 Å². The summed E-state index contributed by atoms with van der Waals surface area (Å²) in [5, 5.41) is 3.06. The van der Waals surface area contributed by atoms with Gasteiger partial charge < -0.3 is 10.2 Å². The van der Waals surface area contributed by atoms with E-state index in [4.69, 9.17) is 0 Å². The second kappa shape index (κ2) is 7.18. The number of likely N-dealkylation sites (tertiary alicyclic amines) is 1. The molecule has 1 aliphatic heterocycles. The van der Waals surface area contributed by atoms with E-state index in [0.29, 0.717) is 11.5 Å². The number of nitrogens with one attached hydrogen (secondary N) is 1. The fourth-order valence-corrected chi connectivity index (χ4v) is 3.75. The van der Waals surface area contributed by atoms with Gasteiger partial charge in [-0.25, -0.2) is 9.97 Å². The number of hydrogen-bond acceptors (Lipinski definition) is 4. The number of nitrogens with zero attached hydrogens (tertiary/aromatic N) is 3. The molecule has 1 atom stereocenters. The lowest BCUT2D eigenvalue weighted by molar-refractivity contribution is 0.0945. The molecule has 5 nitrogen and oxygen atoms in total. The fourth-order valence-electron chi connectivity index (χ4n) is 3.75. The molecule has 1 aliphatic carbocycles. The number of rotatable bonds is 4. The third-order valence-electron chi connectivity index (χ3n) is 5.12. The van der Waals surface area contributed by atoms with Crippen molar-refractivity contribution in [3.05, 3.63) is 23.8 Å². The van der Waals surface area contributed by atoms with E-state index >= 15 is 0 Å². The number of carbonyl (C=O) groups excluding carboxylic acids is 1. The standard InChI is InChI=1S/C17H26N4O/c1-13-16(10-18-12-20-13)17(22)19-9-14-7-8-21(11-14)15-5-3-2-4-6-15/h10,12,14-15H,2-9,11H2,1H3,(H,19,22). The Morgan fingerprint density at radius 1 is 1.32 bits per heavy atom. The Labute approximate surface area is 132 Å². The normalized spacial score (nSPS) is 23.6. The van der Waals surface area contributed by atoms with Crippen LogP contribution in [0.2, 0.25) is 0 Å². The molecule has 1 N–H and O–H groups in total. The predicted octanol–water partition coefficient (Wildman–Crippen LogP) is 2.17. The van der Waals surface area contributed by atoms with Gasteiger partial charge in [-0.15, -0.1) is 0 Å². The molecule has 0 radical (unpaired) electrons. The molecule has 0 aromatic carbocycles. The average Bonchev–Trinajstić information content (AvgIpc) is 3.03. The first-order chi connectivity index (χ1) is 10.7. The molecule has 0 spiro atoms. The van der Waals surface area contributed by atoms with Gasteiger partial charge in [0.2, 0.25) is 0 Å². The summed E-state index contributed by atoms with van der Waals surface area (Å²) in [7, 11) is 0. The topological polar surface area (TPSA) is 58.1 Å². The Bertz CT molecular complexity index is 513. The largest absolute Gasteiger partial charge is 0.352 e. The predicted molar refractivity (Wildman–Crippen MR) is 85.7 cm³/mol. The van der Waals surface area contributed by atoms with Crippen molar-refractivity contribution in [2.45, 2.75) is 51.5 Å². The minimum Gasteiger partial charge on any atom is -0.352 e. The Hall–Kier alpha value is -1.49. The van der Waals surface area contributed by atoms with Crippen LogP contribution >= 0.6 is 0 Å². The van der Waals surface area contributed by atoms with E-state index in [0.717, 1.165) is 24.8 Å². The molecule has 1 unspecified atom stereocenters. The maximum Gasteiger partial charge on any atom is 0.254 e. The quantitative estimate of drug-likeness (QED) is 0.926. The molecule has 3 rings (SSSR count). The second-order valence-electron chi connectivity index (χ2n) is 6.67. The third-order valence-corrected chi connectivity index (χ3v) is 5.12. The fraction of sp³-hybridized carbons (Fsp3) is 0.706. The zero-order valence-corrected chi connectivity index (χ0v) is 13.4. The highest BCUT2D eigenvalue weighted by Gasteiger charge is 2.29. The molecule has 5 heteroatoms. The van der Waals surface area contributed by atoms with Gasteiger partial charge in [0.05, 0.1) is 11.3 Å². The molecule has 2 heterocycles. The van der Waals surface area contributed by atoms with Crippen LogP contribution in [0.1, 0.15) is 54.6 Å². The number of aromatic nitrogens is 2. The summed E-state index contributed by atoms with van der Waals surface area (Å²) in [5.74, 6) is 0.532. The lowest BCUT2D eigenvalue weighted by Crippen LogP contribution is -2.36. The van der Waals surface area contributed by atoms with Crippen molar-refractivity contribution in [3.8, 4) is 0 Å². The Morgan fingerprint density at radius 3 is 2.91 bits per heavy atom. The maximum absolute atomic E-state index is 12.2. The van der Waals surface area contributed by atoms with Gasteiger partial charge >= 0.3 is 0 Å². The summed E-state index contributed by atoms with van der Waals surface area (Å²) >= 11 is 0. The minimum absolute atomic E-state index is 0.0470. The van der Waals surface area contributed by atoms with Gasteiger partial charge in [-0.2, -0.15) is 0 Å². The van der Waals surface area contributed by atoms with Crippen LogP contribution in [-0.4, -0.2) is 46.5 Å². The van der Waals surface area contributed by atoms with Crippen LogP contribution in [-0.2, 0) is 0 Å². The van der Waals surface area contributed by atoms with Crippen LogP contribution in [0.5, 0.6) is 0 Å². The minimum atomic E-state index is -0.0470. The Morgan fingerprint density at radius 2 is 2.14 bits per heavy atom. The smallest absolute Gasteiger partial charge is 0.254 e. The van der Waals surface area contributed by atoms with E-state index in [2.05, 4.69) is 20.2 Å². The summed E-state index contributed by atoms with van der Waals surface area (Å²) in [5.41, 5.74) is 1.33. The lowest BCUT2D eigenvalue weighted by atomic mass is 9.94. The molecular weight excluding hydrogens is 276 g/mol. The molecule has 2 aliphatic rings. The van der Waals surface area contributed by atoms with Gasteiger partial charge in [-0.05, 0) is 38.6 Å². The molecule has 1 amide bonds. The lowest BCUT2D eigenvalue weighted by Gasteiger charge is -2.31. The number of hydrogen-bond donors (Lipinski definition) is 1. The highest BCUT2D eigenvalue weighted by molar-refractivity contribution is 5.94. The van der Waals surface area contributed by atoms with Gasteiger partial charge in [0.1, 0.15) is 6.33 Å². The van der Waals surface area contributed by atoms with Crippen molar-refractivity contribution in [3.63, 3.8) is 0 Å². The monoisotopic (exact) mass is 302 g/mol. The van der Waals surface area contributed by atoms with Gasteiger partial charge in [-0.1, -0.05) is 19.3 Å². The van der Waals surface area contributed by atoms with Crippen molar-refractivity contribution in [2.75, 3.05) is 19.6 Å².